The Morgan fingerprint density at radius 1 is 0.489 bits per heavy atom. The van der Waals surface area contributed by atoms with Crippen molar-refractivity contribution in [2.45, 2.75) is 19.3 Å². The Hall–Kier alpha value is -8.99. The van der Waals surface area contributed by atoms with Gasteiger partial charge in [0.05, 0.1) is 14.7 Å². The smallest absolute Gasteiger partial charge is 0.337 e. The number of aromatic nitrogens is 3. The van der Waals surface area contributed by atoms with E-state index in [1.54, 1.807) is 54.6 Å². The Labute approximate surface area is 541 Å². The second-order valence-electron chi connectivity index (χ2n) is 21.5. The molecule has 3 fully saturated rings. The lowest BCUT2D eigenvalue weighted by atomic mass is 10.1. The average molecular weight is 1340 g/mol. The van der Waals surface area contributed by atoms with Crippen LogP contribution in [0.1, 0.15) is 40.0 Å². The number of nitrogens with two attached hydrogens (primary N) is 1. The van der Waals surface area contributed by atoms with Gasteiger partial charge in [0, 0.05) is 149 Å². The molecule has 0 spiro atoms. The van der Waals surface area contributed by atoms with Gasteiger partial charge in [-0.25, -0.2) is 29.3 Å². The van der Waals surface area contributed by atoms with Crippen molar-refractivity contribution < 1.29 is 28.6 Å². The first kappa shape index (κ1) is 65.5. The minimum Gasteiger partial charge on any atom is -0.507 e. The van der Waals surface area contributed by atoms with Crippen LogP contribution >= 0.6 is 35.0 Å². The van der Waals surface area contributed by atoms with Crippen molar-refractivity contribution in [3.8, 4) is 5.75 Å². The highest BCUT2D eigenvalue weighted by atomic mass is 127. The minimum absolute atomic E-state index is 0. The fourth-order valence-electron chi connectivity index (χ4n) is 11.2. The van der Waals surface area contributed by atoms with Gasteiger partial charge in [0.2, 0.25) is 0 Å². The number of phenolic OH excluding ortho intramolecular Hbond substituents is 1. The molecule has 14 rings (SSSR count). The molecule has 5 N–H and O–H groups in total. The van der Waals surface area contributed by atoms with E-state index in [4.69, 9.17) is 24.8 Å². The monoisotopic (exact) mass is 1340 g/mol. The van der Waals surface area contributed by atoms with E-state index in [9.17, 15) is 19.2 Å². The van der Waals surface area contributed by atoms with Gasteiger partial charge in [0.1, 0.15) is 34.4 Å². The number of piperidine rings is 1. The molecule has 0 bridgehead atoms. The molecule has 0 unspecified atom stereocenters. The molecule has 8 heterocycles. The van der Waals surface area contributed by atoms with Crippen molar-refractivity contribution >= 4 is 119 Å². The van der Waals surface area contributed by atoms with Crippen molar-refractivity contribution in [3.63, 3.8) is 0 Å². The van der Waals surface area contributed by atoms with Gasteiger partial charge in [-0.2, -0.15) is 0 Å². The maximum Gasteiger partial charge on any atom is 0.337 e. The number of pyridine rings is 3. The van der Waals surface area contributed by atoms with Crippen LogP contribution < -0.4 is 37.0 Å². The number of rotatable bonds is 10. The van der Waals surface area contributed by atoms with E-state index in [-0.39, 0.29) is 29.5 Å². The van der Waals surface area contributed by atoms with Crippen LogP contribution in [0.2, 0.25) is 0 Å². The van der Waals surface area contributed by atoms with E-state index in [1.165, 1.54) is 57.6 Å². The number of carboxylic acids is 1. The van der Waals surface area contributed by atoms with Crippen LogP contribution in [0.5, 0.6) is 5.75 Å². The molecule has 90 heavy (non-hydrogen) atoms. The average Bonchev–Trinajstić information content (AvgIpc) is 1.03. The fourth-order valence-corrected chi connectivity index (χ4v) is 11.6. The zero-order valence-electron chi connectivity index (χ0n) is 49.8. The molecule has 0 aliphatic carbocycles. The highest BCUT2D eigenvalue weighted by Gasteiger charge is 2.22. The van der Waals surface area contributed by atoms with E-state index in [0.717, 1.165) is 112 Å². The molecule has 3 saturated heterocycles. The summed E-state index contributed by atoms with van der Waals surface area (Å²) in [6.07, 6.45) is 9.65. The number of para-hydroxylation sites is 3. The molecule has 464 valence electrons. The molecule has 0 radical (unpaired) electrons. The number of nitrogens with one attached hydrogen (secondary N) is 1. The number of hydrogen-bond acceptors (Lipinski definition) is 16. The Kier molecular flexibility index (Phi) is 23.6. The molecule has 1 amide bonds. The molecule has 0 saturated carbocycles. The van der Waals surface area contributed by atoms with Crippen LogP contribution in [0.4, 0.5) is 17.5 Å². The van der Waals surface area contributed by atoms with Crippen molar-refractivity contribution in [2.75, 3.05) is 106 Å². The van der Waals surface area contributed by atoms with Crippen LogP contribution in [0.25, 0.3) is 54.3 Å². The minimum atomic E-state index is -1.13. The van der Waals surface area contributed by atoms with Crippen LogP contribution in [0.15, 0.2) is 213 Å². The Morgan fingerprint density at radius 2 is 0.878 bits per heavy atom. The largest absolute Gasteiger partial charge is 0.507 e. The standard InChI is InChI=1S/C25H24N4O3.C15H20N4.C14H16N2.C10H6O4.C6H5IO.ClH/c30-23-17-21(20-7-3-4-8-22(20)32-23)25(31)27-11-12-28-13-15-29(16-14-28)24-19-6-2-1-5-18(19)9-10-26-24;16-6-8-18-9-11-19(12-10-18)15-14-4-2-1-3-13(14)5-7-17-15;1-4-10-16(11-5-1)14-13-7-3-2-6-12(13)8-9-15-14;11-9-5-7(10(12)13)6-3-1-2-4-8(6)14-9;7-5-3-1-2-4-6(5)8;/h1-10,17H,11-16H2,(H,27,31);1-5,7H,6,8-12,16H2;2-3,6-9H,1,4-5,10-11H2;1-5H,(H,12,13);1-4,8H;1H. The highest BCUT2D eigenvalue weighted by molar-refractivity contribution is 14.1. The maximum absolute atomic E-state index is 12.7. The number of carbonyl (C=O) groups is 2. The van der Waals surface area contributed by atoms with Gasteiger partial charge in [0.25, 0.3) is 5.91 Å². The summed E-state index contributed by atoms with van der Waals surface area (Å²) < 4.78 is 10.9. The molecule has 3 aliphatic heterocycles. The normalized spacial score (nSPS) is 14.2. The lowest BCUT2D eigenvalue weighted by Gasteiger charge is -2.35. The molecule has 0 atom stereocenters. The van der Waals surface area contributed by atoms with Gasteiger partial charge in [0.15, 0.2) is 0 Å². The number of anilines is 3. The van der Waals surface area contributed by atoms with E-state index in [2.05, 4.69) is 140 Å². The zero-order chi connectivity index (χ0) is 61.9. The van der Waals surface area contributed by atoms with Crippen LogP contribution in [0, 0.1) is 3.57 Å². The topological polar surface area (TPSA) is 228 Å². The Balaban J connectivity index is 0.000000143. The summed E-state index contributed by atoms with van der Waals surface area (Å²) in [4.78, 5) is 71.9. The molecule has 6 aromatic carbocycles. The first-order valence-electron chi connectivity index (χ1n) is 29.9. The Bertz CT molecular complexity index is 4270. The second-order valence-corrected chi connectivity index (χ2v) is 22.7. The van der Waals surface area contributed by atoms with Crippen LogP contribution in [0.3, 0.4) is 0 Å². The van der Waals surface area contributed by atoms with Gasteiger partial charge in [-0.1, -0.05) is 121 Å². The summed E-state index contributed by atoms with van der Waals surface area (Å²) in [5.41, 5.74) is 5.47. The Morgan fingerprint density at radius 3 is 1.31 bits per heavy atom. The number of fused-ring (bicyclic) bond motifs is 5. The number of amides is 1. The summed E-state index contributed by atoms with van der Waals surface area (Å²) in [6, 6.07) is 54.5. The first-order valence-corrected chi connectivity index (χ1v) is 31.0. The van der Waals surface area contributed by atoms with Crippen LogP contribution in [-0.2, 0) is 0 Å². The predicted octanol–water partition coefficient (Wildman–Crippen LogP) is 11.3. The molecule has 5 aromatic heterocycles. The van der Waals surface area contributed by atoms with Crippen molar-refractivity contribution in [2.24, 2.45) is 5.73 Å². The molecular weight excluding hydrogens is 1270 g/mol. The number of aromatic carboxylic acids is 1. The number of carbonyl (C=O) groups excluding carboxylic acids is 1. The summed E-state index contributed by atoms with van der Waals surface area (Å²) in [5.74, 6) is 2.28. The SMILES string of the molecule is Cl.NCCN1CCN(c2nccc3ccccc23)CC1.O=C(NCCN1CCN(c2nccc3ccccc23)CC1)c1cc(=O)oc2ccccc12.O=C(O)c1cc(=O)oc2ccccc12.Oc1ccccc1I.c1ccc2c(N3CCCCC3)nccc2c1. The van der Waals surface area contributed by atoms with Crippen molar-refractivity contribution in [3.05, 3.63) is 230 Å². The van der Waals surface area contributed by atoms with Gasteiger partial charge >= 0.3 is 17.2 Å². The number of piperazine rings is 2. The molecule has 18 nitrogen and oxygen atoms in total. The lowest BCUT2D eigenvalue weighted by Crippen LogP contribution is -2.48. The van der Waals surface area contributed by atoms with Gasteiger partial charge in [-0.3, -0.25) is 14.6 Å². The number of hydrogen-bond donors (Lipinski definition) is 4. The third-order valence-corrected chi connectivity index (χ3v) is 16.7. The third-order valence-electron chi connectivity index (χ3n) is 15.7. The quantitative estimate of drug-likeness (QED) is 0.0737. The number of aromatic hydroxyl groups is 1. The van der Waals surface area contributed by atoms with E-state index >= 15 is 0 Å². The number of benzene rings is 6. The van der Waals surface area contributed by atoms with Gasteiger partial charge in [-0.15, -0.1) is 12.4 Å². The van der Waals surface area contributed by atoms with Crippen LogP contribution in [-0.4, -0.2) is 138 Å². The molecular formula is C70H72ClIN10O8. The van der Waals surface area contributed by atoms with E-state index in [0.29, 0.717) is 34.2 Å². The summed E-state index contributed by atoms with van der Waals surface area (Å²) in [6.45, 7) is 13.1. The van der Waals surface area contributed by atoms with Crippen molar-refractivity contribution in [1.29, 1.82) is 0 Å². The fraction of sp³-hybridized carbons (Fsp3) is 0.243. The van der Waals surface area contributed by atoms with E-state index in [1.807, 2.05) is 55.0 Å². The molecule has 11 aromatic rings. The number of halogens is 2. The maximum atomic E-state index is 12.7. The number of nitrogens with zero attached hydrogens (tertiary/aromatic N) is 8. The van der Waals surface area contributed by atoms with E-state index < -0.39 is 17.2 Å². The molecule has 20 heteroatoms. The molecule has 3 aliphatic rings. The van der Waals surface area contributed by atoms with Gasteiger partial charge in [-0.05, 0) is 100 Å². The summed E-state index contributed by atoms with van der Waals surface area (Å²) in [7, 11) is 0. The first-order chi connectivity index (χ1) is 43.5. The highest BCUT2D eigenvalue weighted by Crippen LogP contribution is 2.29. The second kappa shape index (κ2) is 32.5. The number of carboxylic acid groups (broad SMARTS) is 1. The van der Waals surface area contributed by atoms with Gasteiger partial charge < -0.3 is 44.8 Å². The lowest BCUT2D eigenvalue weighted by molar-refractivity contribution is 0.0698. The predicted molar refractivity (Wildman–Crippen MR) is 370 cm³/mol. The third kappa shape index (κ3) is 17.0. The number of phenols is 1. The summed E-state index contributed by atoms with van der Waals surface area (Å²) in [5, 5.41) is 29.2. The zero-order valence-corrected chi connectivity index (χ0v) is 52.8. The summed E-state index contributed by atoms with van der Waals surface area (Å²) >= 11 is 2.07. The van der Waals surface area contributed by atoms with Crippen molar-refractivity contribution in [1.82, 2.24) is 30.1 Å².